The molecule has 29 heavy (non-hydrogen) atoms. The Kier molecular flexibility index (Phi) is 6.20. The van der Waals surface area contributed by atoms with Gasteiger partial charge in [-0.2, -0.15) is 13.9 Å². The number of methoxy groups -OCH3 is 1. The summed E-state index contributed by atoms with van der Waals surface area (Å²) in [5, 5.41) is 6.75. The second kappa shape index (κ2) is 9.00. The molecule has 1 heterocycles. The Hall–Kier alpha value is -2.32. The molecule has 8 heteroatoms. The fourth-order valence-electron chi connectivity index (χ4n) is 3.90. The molecule has 2 bridgehead atoms. The molecule has 1 fully saturated rings. The quantitative estimate of drug-likeness (QED) is 0.362. The van der Waals surface area contributed by atoms with Crippen molar-refractivity contribution in [3.63, 3.8) is 0 Å². The fourth-order valence-corrected chi connectivity index (χ4v) is 4.77. The summed E-state index contributed by atoms with van der Waals surface area (Å²) < 4.78 is 36.2. The predicted octanol–water partition coefficient (Wildman–Crippen LogP) is 4.41. The monoisotopic (exact) mass is 419 g/mol. The average molecular weight is 419 g/mol. The number of alkyl halides is 2. The Morgan fingerprint density at radius 1 is 1.24 bits per heavy atom. The molecule has 3 atom stereocenters. The van der Waals surface area contributed by atoms with Crippen LogP contribution in [0.15, 0.2) is 51.9 Å². The summed E-state index contributed by atoms with van der Waals surface area (Å²) >= 11 is 1.50. The van der Waals surface area contributed by atoms with Gasteiger partial charge in [-0.05, 0) is 48.9 Å². The number of nitrogens with zero attached hydrogens (tertiary/aromatic N) is 3. The molecule has 0 amide bonds. The molecule has 2 aromatic rings. The van der Waals surface area contributed by atoms with E-state index < -0.39 is 6.61 Å². The number of hydrogen-bond donors (Lipinski definition) is 0. The van der Waals surface area contributed by atoms with Gasteiger partial charge >= 0.3 is 6.61 Å². The van der Waals surface area contributed by atoms with Crippen molar-refractivity contribution < 1.29 is 18.3 Å². The lowest BCUT2D eigenvalue weighted by Gasteiger charge is -2.12. The highest BCUT2D eigenvalue weighted by atomic mass is 32.1. The SMILES string of the molecule is COCCN=c1scc(-c2ccc(OC(F)F)cc2)n1N=CC1CC2C=CC1C2. The number of allylic oxidation sites excluding steroid dienone is 2. The minimum Gasteiger partial charge on any atom is -0.435 e. The molecule has 5 nitrogen and oxygen atoms in total. The van der Waals surface area contributed by atoms with Crippen LogP contribution in [0, 0.1) is 17.8 Å². The summed E-state index contributed by atoms with van der Waals surface area (Å²) in [5.41, 5.74) is 1.73. The molecule has 1 aromatic carbocycles. The van der Waals surface area contributed by atoms with E-state index in [4.69, 9.17) is 9.84 Å². The van der Waals surface area contributed by atoms with Crippen LogP contribution < -0.4 is 9.54 Å². The summed E-state index contributed by atoms with van der Waals surface area (Å²) in [6.07, 6.45) is 9.01. The normalized spacial score (nSPS) is 23.7. The van der Waals surface area contributed by atoms with Gasteiger partial charge in [-0.1, -0.05) is 12.2 Å². The van der Waals surface area contributed by atoms with Crippen LogP contribution in [-0.4, -0.2) is 37.8 Å². The maximum atomic E-state index is 12.4. The van der Waals surface area contributed by atoms with E-state index in [0.717, 1.165) is 22.5 Å². The van der Waals surface area contributed by atoms with Gasteiger partial charge in [0.05, 0.1) is 18.8 Å². The topological polar surface area (TPSA) is 48.1 Å². The molecule has 154 valence electrons. The molecular formula is C21H23F2N3O2S. The Labute approximate surface area is 172 Å². The number of hydrogen-bond acceptors (Lipinski definition) is 5. The summed E-state index contributed by atoms with van der Waals surface area (Å²) in [6, 6.07) is 6.58. The summed E-state index contributed by atoms with van der Waals surface area (Å²) in [6.45, 7) is -1.75. The summed E-state index contributed by atoms with van der Waals surface area (Å²) in [7, 11) is 1.65. The van der Waals surface area contributed by atoms with E-state index in [1.165, 1.54) is 29.9 Å². The third-order valence-electron chi connectivity index (χ3n) is 5.31. The highest BCUT2D eigenvalue weighted by Crippen LogP contribution is 2.42. The van der Waals surface area contributed by atoms with Crippen molar-refractivity contribution in [2.24, 2.45) is 27.8 Å². The van der Waals surface area contributed by atoms with Gasteiger partial charge in [0.25, 0.3) is 0 Å². The number of rotatable bonds is 8. The van der Waals surface area contributed by atoms with Crippen molar-refractivity contribution >= 4 is 17.6 Å². The summed E-state index contributed by atoms with van der Waals surface area (Å²) in [4.78, 5) is 5.37. The van der Waals surface area contributed by atoms with E-state index >= 15 is 0 Å². The standard InChI is InChI=1S/C21H23F2N3O2S/c1-27-9-8-24-21-26(25-12-17-11-14-2-3-16(17)10-14)19(13-29-21)15-4-6-18(7-5-15)28-20(22)23/h2-7,12-14,16-17,20H,8-11H2,1H3. The van der Waals surface area contributed by atoms with Gasteiger partial charge < -0.3 is 9.47 Å². The maximum Gasteiger partial charge on any atom is 0.387 e. The third-order valence-corrected chi connectivity index (χ3v) is 6.16. The highest BCUT2D eigenvalue weighted by molar-refractivity contribution is 7.07. The van der Waals surface area contributed by atoms with Crippen LogP contribution >= 0.6 is 11.3 Å². The lowest BCUT2D eigenvalue weighted by atomic mass is 9.95. The van der Waals surface area contributed by atoms with Crippen molar-refractivity contribution in [2.75, 3.05) is 20.3 Å². The zero-order valence-electron chi connectivity index (χ0n) is 16.1. The van der Waals surface area contributed by atoms with Crippen LogP contribution in [0.2, 0.25) is 0 Å². The maximum absolute atomic E-state index is 12.4. The van der Waals surface area contributed by atoms with Gasteiger partial charge in [0.15, 0.2) is 0 Å². The first-order chi connectivity index (χ1) is 14.1. The number of thiazole rings is 1. The number of halogens is 2. The largest absolute Gasteiger partial charge is 0.435 e. The van der Waals surface area contributed by atoms with E-state index in [2.05, 4.69) is 21.9 Å². The molecule has 0 aliphatic heterocycles. The van der Waals surface area contributed by atoms with E-state index in [-0.39, 0.29) is 5.75 Å². The van der Waals surface area contributed by atoms with Crippen LogP contribution in [0.25, 0.3) is 11.3 Å². The first-order valence-corrected chi connectivity index (χ1v) is 10.5. The predicted molar refractivity (Wildman–Crippen MR) is 109 cm³/mol. The number of benzene rings is 1. The number of fused-ring (bicyclic) bond motifs is 2. The van der Waals surface area contributed by atoms with Crippen LogP contribution in [0.4, 0.5) is 8.78 Å². The number of aromatic nitrogens is 1. The minimum absolute atomic E-state index is 0.132. The van der Waals surface area contributed by atoms with Crippen LogP contribution in [0.1, 0.15) is 12.8 Å². The second-order valence-electron chi connectivity index (χ2n) is 7.20. The lowest BCUT2D eigenvalue weighted by Crippen LogP contribution is -2.16. The van der Waals surface area contributed by atoms with Crippen molar-refractivity contribution in [2.45, 2.75) is 19.5 Å². The third kappa shape index (κ3) is 4.64. The highest BCUT2D eigenvalue weighted by Gasteiger charge is 2.34. The zero-order chi connectivity index (χ0) is 20.2. The summed E-state index contributed by atoms with van der Waals surface area (Å²) in [5.74, 6) is 1.83. The molecule has 3 unspecified atom stereocenters. The van der Waals surface area contributed by atoms with Gasteiger partial charge in [0.1, 0.15) is 5.75 Å². The molecule has 1 aromatic heterocycles. The molecule has 1 saturated carbocycles. The average Bonchev–Trinajstić information content (AvgIpc) is 3.42. The van der Waals surface area contributed by atoms with E-state index in [0.29, 0.717) is 30.9 Å². The van der Waals surface area contributed by atoms with Gasteiger partial charge in [-0.15, -0.1) is 11.3 Å². The van der Waals surface area contributed by atoms with Crippen molar-refractivity contribution in [1.29, 1.82) is 0 Å². The van der Waals surface area contributed by atoms with E-state index in [1.807, 2.05) is 16.3 Å². The Bertz CT molecular complexity index is 950. The molecular weight excluding hydrogens is 396 g/mol. The molecule has 2 aliphatic carbocycles. The minimum atomic E-state index is -2.83. The van der Waals surface area contributed by atoms with Gasteiger partial charge in [0, 0.05) is 30.2 Å². The number of ether oxygens (including phenoxy) is 2. The zero-order valence-corrected chi connectivity index (χ0v) is 16.9. The Morgan fingerprint density at radius 3 is 2.72 bits per heavy atom. The lowest BCUT2D eigenvalue weighted by molar-refractivity contribution is -0.0498. The smallest absolute Gasteiger partial charge is 0.387 e. The van der Waals surface area contributed by atoms with Crippen LogP contribution in [-0.2, 0) is 4.74 Å². The molecule has 4 rings (SSSR count). The first-order valence-electron chi connectivity index (χ1n) is 9.62. The van der Waals surface area contributed by atoms with E-state index in [1.54, 1.807) is 19.2 Å². The molecule has 0 N–H and O–H groups in total. The van der Waals surface area contributed by atoms with Gasteiger partial charge in [0.2, 0.25) is 4.80 Å². The molecule has 0 saturated heterocycles. The van der Waals surface area contributed by atoms with Crippen molar-refractivity contribution in [3.05, 3.63) is 46.6 Å². The van der Waals surface area contributed by atoms with Crippen molar-refractivity contribution in [3.8, 4) is 17.0 Å². The second-order valence-corrected chi connectivity index (χ2v) is 8.04. The molecule has 0 radical (unpaired) electrons. The molecule has 2 aliphatic rings. The Balaban J connectivity index is 1.63. The first kappa shape index (κ1) is 20.0. The van der Waals surface area contributed by atoms with Gasteiger partial charge in [-0.25, -0.2) is 4.68 Å². The fraction of sp³-hybridized carbons (Fsp3) is 0.429. The van der Waals surface area contributed by atoms with Crippen LogP contribution in [0.3, 0.4) is 0 Å². The van der Waals surface area contributed by atoms with Gasteiger partial charge in [-0.3, -0.25) is 4.99 Å². The van der Waals surface area contributed by atoms with Crippen molar-refractivity contribution in [1.82, 2.24) is 4.68 Å². The Morgan fingerprint density at radius 2 is 2.07 bits per heavy atom. The van der Waals surface area contributed by atoms with Crippen LogP contribution in [0.5, 0.6) is 5.75 Å². The molecule has 0 spiro atoms. The van der Waals surface area contributed by atoms with E-state index in [9.17, 15) is 8.78 Å².